The monoisotopic (exact) mass is 272 g/mol. The highest BCUT2D eigenvalue weighted by molar-refractivity contribution is 7.56. The van der Waals surface area contributed by atoms with E-state index in [4.69, 9.17) is 0 Å². The van der Waals surface area contributed by atoms with Crippen molar-refractivity contribution in [2.45, 2.75) is 33.9 Å². The van der Waals surface area contributed by atoms with Crippen molar-refractivity contribution in [3.63, 3.8) is 0 Å². The third-order valence-corrected chi connectivity index (χ3v) is 5.80. The minimum Gasteiger partial charge on any atom is -0.147 e. The van der Waals surface area contributed by atoms with E-state index in [1.807, 2.05) is 0 Å². The standard InChI is InChI=1S/C15H25P.ClH/c1-13(2)10-16(11-14(3)4)12-15-8-6-5-7-9-15;/h5-9,13-14H,10-12H2,1-4H3;1H. The van der Waals surface area contributed by atoms with Gasteiger partial charge in [0.25, 0.3) is 0 Å². The van der Waals surface area contributed by atoms with Gasteiger partial charge in [0, 0.05) is 0 Å². The maximum Gasteiger partial charge on any atom is -0.00729 e. The Kier molecular flexibility index (Phi) is 8.92. The van der Waals surface area contributed by atoms with Crippen LogP contribution in [0.2, 0.25) is 0 Å². The highest BCUT2D eigenvalue weighted by Gasteiger charge is 2.12. The van der Waals surface area contributed by atoms with E-state index in [1.54, 1.807) is 0 Å². The lowest BCUT2D eigenvalue weighted by Gasteiger charge is -2.22. The Bertz CT molecular complexity index is 272. The Labute approximate surface area is 114 Å². The molecule has 0 radical (unpaired) electrons. The molecule has 98 valence electrons. The van der Waals surface area contributed by atoms with Gasteiger partial charge >= 0.3 is 0 Å². The molecule has 0 aliphatic heterocycles. The van der Waals surface area contributed by atoms with Crippen LogP contribution < -0.4 is 0 Å². The van der Waals surface area contributed by atoms with Crippen LogP contribution in [0.1, 0.15) is 33.3 Å². The summed E-state index contributed by atoms with van der Waals surface area (Å²) < 4.78 is 0. The molecule has 0 saturated carbocycles. The van der Waals surface area contributed by atoms with Crippen LogP contribution in [-0.4, -0.2) is 12.3 Å². The van der Waals surface area contributed by atoms with Crippen LogP contribution in [0.5, 0.6) is 0 Å². The molecule has 17 heavy (non-hydrogen) atoms. The van der Waals surface area contributed by atoms with Crippen LogP contribution in [0, 0.1) is 11.8 Å². The van der Waals surface area contributed by atoms with Gasteiger partial charge in [-0.15, -0.1) is 20.3 Å². The number of halogens is 1. The van der Waals surface area contributed by atoms with E-state index in [2.05, 4.69) is 58.0 Å². The third kappa shape index (κ3) is 7.79. The molecule has 0 spiro atoms. The van der Waals surface area contributed by atoms with E-state index < -0.39 is 0 Å². The van der Waals surface area contributed by atoms with Gasteiger partial charge in [-0.1, -0.05) is 58.0 Å². The maximum absolute atomic E-state index is 2.35. The Hall–Kier alpha value is -0.0600. The molecule has 0 heterocycles. The molecule has 0 atom stereocenters. The predicted molar refractivity (Wildman–Crippen MR) is 83.7 cm³/mol. The average molecular weight is 273 g/mol. The highest BCUT2D eigenvalue weighted by atomic mass is 35.5. The van der Waals surface area contributed by atoms with E-state index >= 15 is 0 Å². The maximum atomic E-state index is 2.35. The second-order valence-electron chi connectivity index (χ2n) is 5.47. The molecule has 0 amide bonds. The smallest absolute Gasteiger partial charge is 0.00729 e. The van der Waals surface area contributed by atoms with Crippen LogP contribution in [0.3, 0.4) is 0 Å². The quantitative estimate of drug-likeness (QED) is 0.608. The lowest BCUT2D eigenvalue weighted by Crippen LogP contribution is -2.04. The van der Waals surface area contributed by atoms with Crippen molar-refractivity contribution in [2.75, 3.05) is 12.3 Å². The van der Waals surface area contributed by atoms with Crippen LogP contribution in [0.15, 0.2) is 30.3 Å². The third-order valence-electron chi connectivity index (χ3n) is 2.50. The molecule has 0 aromatic heterocycles. The molecule has 0 saturated heterocycles. The second-order valence-corrected chi connectivity index (χ2v) is 7.86. The molecule has 0 nitrogen and oxygen atoms in total. The van der Waals surface area contributed by atoms with Crippen molar-refractivity contribution in [1.82, 2.24) is 0 Å². The Morgan fingerprint density at radius 1 is 0.882 bits per heavy atom. The summed E-state index contributed by atoms with van der Waals surface area (Å²) in [5.74, 6) is 1.68. The van der Waals surface area contributed by atoms with E-state index in [0.29, 0.717) is 0 Å². The van der Waals surface area contributed by atoms with Gasteiger partial charge in [0.05, 0.1) is 0 Å². The second kappa shape index (κ2) is 8.95. The zero-order chi connectivity index (χ0) is 12.0. The molecular weight excluding hydrogens is 247 g/mol. The first-order valence-electron chi connectivity index (χ1n) is 6.34. The van der Waals surface area contributed by atoms with E-state index in [-0.39, 0.29) is 20.3 Å². The molecule has 2 heteroatoms. The Morgan fingerprint density at radius 3 is 1.76 bits per heavy atom. The lowest BCUT2D eigenvalue weighted by molar-refractivity contribution is 0.717. The largest absolute Gasteiger partial charge is 0.147 e. The van der Waals surface area contributed by atoms with Crippen LogP contribution >= 0.6 is 20.3 Å². The molecule has 0 bridgehead atoms. The highest BCUT2D eigenvalue weighted by Crippen LogP contribution is 2.43. The summed E-state index contributed by atoms with van der Waals surface area (Å²) in [5, 5.41) is 0. The Morgan fingerprint density at radius 2 is 1.35 bits per heavy atom. The number of hydrogen-bond donors (Lipinski definition) is 0. The van der Waals surface area contributed by atoms with E-state index in [9.17, 15) is 0 Å². The molecule has 1 aromatic carbocycles. The van der Waals surface area contributed by atoms with E-state index in [1.165, 1.54) is 24.0 Å². The van der Waals surface area contributed by atoms with Gasteiger partial charge in [-0.2, -0.15) is 0 Å². The Balaban J connectivity index is 0.00000256. The molecule has 0 aliphatic rings. The van der Waals surface area contributed by atoms with Crippen molar-refractivity contribution >= 4 is 20.3 Å². The fourth-order valence-corrected chi connectivity index (χ4v) is 5.28. The summed E-state index contributed by atoms with van der Waals surface area (Å²) in [6, 6.07) is 11.0. The van der Waals surface area contributed by atoms with Crippen LogP contribution in [-0.2, 0) is 6.16 Å². The summed E-state index contributed by atoms with van der Waals surface area (Å²) >= 11 is 0. The zero-order valence-corrected chi connectivity index (χ0v) is 13.2. The summed E-state index contributed by atoms with van der Waals surface area (Å²) in [4.78, 5) is 0. The predicted octanol–water partition coefficient (Wildman–Crippen LogP) is 5.40. The number of benzene rings is 1. The molecule has 0 unspecified atom stereocenters. The molecule has 0 N–H and O–H groups in total. The summed E-state index contributed by atoms with van der Waals surface area (Å²) in [7, 11) is 0.184. The summed E-state index contributed by atoms with van der Waals surface area (Å²) in [5.41, 5.74) is 1.52. The van der Waals surface area contributed by atoms with Gasteiger partial charge in [0.1, 0.15) is 0 Å². The summed E-state index contributed by atoms with van der Waals surface area (Å²) in [6.45, 7) is 9.39. The molecule has 0 aliphatic carbocycles. The van der Waals surface area contributed by atoms with Gasteiger partial charge in [0.2, 0.25) is 0 Å². The van der Waals surface area contributed by atoms with E-state index in [0.717, 1.165) is 11.8 Å². The SMILES string of the molecule is CC(C)CP(Cc1ccccc1)CC(C)C.Cl. The van der Waals surface area contributed by atoms with Crippen molar-refractivity contribution in [3.05, 3.63) is 35.9 Å². The first-order chi connectivity index (χ1) is 7.58. The minimum atomic E-state index is 0. The van der Waals surface area contributed by atoms with Crippen molar-refractivity contribution in [2.24, 2.45) is 11.8 Å². The molecular formula is C15H26ClP. The number of hydrogen-bond acceptors (Lipinski definition) is 0. The van der Waals surface area contributed by atoms with Gasteiger partial charge in [-0.25, -0.2) is 0 Å². The first kappa shape index (κ1) is 16.9. The van der Waals surface area contributed by atoms with Crippen molar-refractivity contribution in [1.29, 1.82) is 0 Å². The normalized spacial score (nSPS) is 11.0. The first-order valence-corrected chi connectivity index (χ1v) is 8.24. The minimum absolute atomic E-state index is 0. The van der Waals surface area contributed by atoms with Gasteiger partial charge in [0.15, 0.2) is 0 Å². The van der Waals surface area contributed by atoms with Gasteiger partial charge < -0.3 is 0 Å². The number of rotatable bonds is 6. The van der Waals surface area contributed by atoms with Crippen molar-refractivity contribution < 1.29 is 0 Å². The topological polar surface area (TPSA) is 0 Å². The van der Waals surface area contributed by atoms with Crippen LogP contribution in [0.25, 0.3) is 0 Å². The zero-order valence-electron chi connectivity index (χ0n) is 11.5. The molecule has 0 fully saturated rings. The van der Waals surface area contributed by atoms with Crippen LogP contribution in [0.4, 0.5) is 0 Å². The van der Waals surface area contributed by atoms with Crippen molar-refractivity contribution in [3.8, 4) is 0 Å². The fraction of sp³-hybridized carbons (Fsp3) is 0.600. The lowest BCUT2D eigenvalue weighted by atomic mass is 10.2. The van der Waals surface area contributed by atoms with Gasteiger partial charge in [-0.05, 0) is 35.9 Å². The van der Waals surface area contributed by atoms with Gasteiger partial charge in [-0.3, -0.25) is 0 Å². The summed E-state index contributed by atoms with van der Waals surface area (Å²) in [6.07, 6.45) is 4.15. The molecule has 1 aromatic rings. The average Bonchev–Trinajstić information content (AvgIpc) is 2.16. The fourth-order valence-electron chi connectivity index (χ4n) is 2.08. The molecule has 1 rings (SSSR count).